The van der Waals surface area contributed by atoms with Gasteiger partial charge in [-0.15, -0.1) is 5.10 Å². The molecule has 1 aromatic heterocycles. The molecule has 2 heterocycles. The maximum absolute atomic E-state index is 9.97. The van der Waals surface area contributed by atoms with Gasteiger partial charge in [0, 0.05) is 25.6 Å². The number of aliphatic hydroxyl groups excluding tert-OH is 1. The molecule has 3 atom stereocenters. The summed E-state index contributed by atoms with van der Waals surface area (Å²) in [4.78, 5) is 0. The van der Waals surface area contributed by atoms with Crippen LogP contribution in [0, 0.1) is 5.92 Å². The smallest absolute Gasteiger partial charge is 0.0852 e. The summed E-state index contributed by atoms with van der Waals surface area (Å²) >= 11 is 0. The normalized spacial score (nSPS) is 28.2. The van der Waals surface area contributed by atoms with E-state index in [-0.39, 0.29) is 18.1 Å². The zero-order valence-corrected chi connectivity index (χ0v) is 9.13. The van der Waals surface area contributed by atoms with Gasteiger partial charge >= 0.3 is 0 Å². The maximum Gasteiger partial charge on any atom is 0.0852 e. The zero-order valence-electron chi connectivity index (χ0n) is 9.13. The van der Waals surface area contributed by atoms with Crippen LogP contribution in [0.4, 0.5) is 0 Å². The SMILES string of the molecule is CC1CC(C(O)Cc2cn(C)nn2)CO1. The standard InChI is InChI=1S/C10H17N3O2/c1-7-3-8(6-15-7)10(14)4-9-5-13(2)12-11-9/h5,7-8,10,14H,3-4,6H2,1-2H3. The highest BCUT2D eigenvalue weighted by Gasteiger charge is 2.28. The Balaban J connectivity index is 1.89. The van der Waals surface area contributed by atoms with Gasteiger partial charge in [-0.25, -0.2) is 0 Å². The topological polar surface area (TPSA) is 60.2 Å². The predicted molar refractivity (Wildman–Crippen MR) is 54.2 cm³/mol. The molecular weight excluding hydrogens is 194 g/mol. The number of rotatable bonds is 3. The maximum atomic E-state index is 9.97. The third kappa shape index (κ3) is 2.54. The van der Waals surface area contributed by atoms with Gasteiger partial charge in [0.2, 0.25) is 0 Å². The molecule has 1 fully saturated rings. The van der Waals surface area contributed by atoms with Gasteiger partial charge in [-0.1, -0.05) is 5.21 Å². The average molecular weight is 211 g/mol. The number of hydrogen-bond donors (Lipinski definition) is 1. The fourth-order valence-electron chi connectivity index (χ4n) is 1.99. The first kappa shape index (κ1) is 10.6. The van der Waals surface area contributed by atoms with Crippen LogP contribution in [0.15, 0.2) is 6.20 Å². The first-order valence-electron chi connectivity index (χ1n) is 5.30. The Labute approximate surface area is 89.0 Å². The van der Waals surface area contributed by atoms with E-state index >= 15 is 0 Å². The molecule has 1 aliphatic rings. The highest BCUT2D eigenvalue weighted by molar-refractivity contribution is 4.96. The summed E-state index contributed by atoms with van der Waals surface area (Å²) in [5, 5.41) is 17.8. The van der Waals surface area contributed by atoms with Crippen LogP contribution in [0.3, 0.4) is 0 Å². The fraction of sp³-hybridized carbons (Fsp3) is 0.800. The van der Waals surface area contributed by atoms with Gasteiger partial charge in [0.25, 0.3) is 0 Å². The van der Waals surface area contributed by atoms with E-state index < -0.39 is 0 Å². The van der Waals surface area contributed by atoms with Gasteiger partial charge in [0.1, 0.15) is 0 Å². The molecule has 1 N–H and O–H groups in total. The van der Waals surface area contributed by atoms with Crippen molar-refractivity contribution < 1.29 is 9.84 Å². The molecule has 5 heteroatoms. The molecule has 2 rings (SSSR count). The number of aliphatic hydroxyl groups is 1. The summed E-state index contributed by atoms with van der Waals surface area (Å²) in [7, 11) is 1.82. The minimum atomic E-state index is -0.369. The molecular formula is C10H17N3O2. The van der Waals surface area contributed by atoms with Crippen molar-refractivity contribution in [3.05, 3.63) is 11.9 Å². The summed E-state index contributed by atoms with van der Waals surface area (Å²) in [6.07, 6.45) is 3.23. The van der Waals surface area contributed by atoms with E-state index in [0.29, 0.717) is 13.0 Å². The van der Waals surface area contributed by atoms with E-state index in [2.05, 4.69) is 10.3 Å². The van der Waals surface area contributed by atoms with E-state index in [1.54, 1.807) is 4.68 Å². The summed E-state index contributed by atoms with van der Waals surface area (Å²) in [5.74, 6) is 0.238. The Morgan fingerprint density at radius 1 is 1.73 bits per heavy atom. The van der Waals surface area contributed by atoms with E-state index in [0.717, 1.165) is 12.1 Å². The Hall–Kier alpha value is -0.940. The highest BCUT2D eigenvalue weighted by atomic mass is 16.5. The fourth-order valence-corrected chi connectivity index (χ4v) is 1.99. The monoisotopic (exact) mass is 211 g/mol. The van der Waals surface area contributed by atoms with E-state index in [1.807, 2.05) is 20.2 Å². The lowest BCUT2D eigenvalue weighted by molar-refractivity contribution is 0.0801. The second kappa shape index (κ2) is 4.28. The molecule has 15 heavy (non-hydrogen) atoms. The summed E-state index contributed by atoms with van der Waals surface area (Å²) < 4.78 is 7.08. The van der Waals surface area contributed by atoms with Crippen LogP contribution in [0.5, 0.6) is 0 Å². The molecule has 0 aliphatic carbocycles. The van der Waals surface area contributed by atoms with Crippen LogP contribution in [-0.4, -0.2) is 38.9 Å². The van der Waals surface area contributed by atoms with Gasteiger partial charge in [-0.3, -0.25) is 4.68 Å². The third-order valence-electron chi connectivity index (χ3n) is 2.84. The van der Waals surface area contributed by atoms with Crippen LogP contribution in [0.2, 0.25) is 0 Å². The molecule has 1 saturated heterocycles. The predicted octanol–water partition coefficient (Wildman–Crippen LogP) is 0.143. The van der Waals surface area contributed by atoms with Crippen LogP contribution in [0.25, 0.3) is 0 Å². The highest BCUT2D eigenvalue weighted by Crippen LogP contribution is 2.23. The van der Waals surface area contributed by atoms with Crippen molar-refractivity contribution in [2.45, 2.75) is 32.0 Å². The lowest BCUT2D eigenvalue weighted by atomic mass is 9.96. The molecule has 0 radical (unpaired) electrons. The molecule has 84 valence electrons. The van der Waals surface area contributed by atoms with Crippen LogP contribution in [-0.2, 0) is 18.2 Å². The zero-order chi connectivity index (χ0) is 10.8. The summed E-state index contributed by atoms with van der Waals surface area (Å²) in [5.41, 5.74) is 0.838. The van der Waals surface area contributed by atoms with Crippen molar-refractivity contribution in [1.82, 2.24) is 15.0 Å². The van der Waals surface area contributed by atoms with E-state index in [9.17, 15) is 5.11 Å². The lowest BCUT2D eigenvalue weighted by Crippen LogP contribution is -2.23. The molecule has 5 nitrogen and oxygen atoms in total. The van der Waals surface area contributed by atoms with E-state index in [1.165, 1.54) is 0 Å². The first-order valence-corrected chi connectivity index (χ1v) is 5.30. The number of hydrogen-bond acceptors (Lipinski definition) is 4. The number of ether oxygens (including phenoxy) is 1. The third-order valence-corrected chi connectivity index (χ3v) is 2.84. The van der Waals surface area contributed by atoms with Gasteiger partial charge in [-0.2, -0.15) is 0 Å². The Morgan fingerprint density at radius 3 is 3.07 bits per heavy atom. The molecule has 0 spiro atoms. The summed E-state index contributed by atoms with van der Waals surface area (Å²) in [6.45, 7) is 2.69. The van der Waals surface area contributed by atoms with Crippen molar-refractivity contribution in [3.8, 4) is 0 Å². The molecule has 1 aliphatic heterocycles. The Kier molecular flexibility index (Phi) is 3.02. The molecule has 0 bridgehead atoms. The largest absolute Gasteiger partial charge is 0.392 e. The lowest BCUT2D eigenvalue weighted by Gasteiger charge is -2.14. The number of aromatic nitrogens is 3. The van der Waals surface area contributed by atoms with Crippen molar-refractivity contribution in [1.29, 1.82) is 0 Å². The van der Waals surface area contributed by atoms with Gasteiger partial charge in [-0.05, 0) is 13.3 Å². The van der Waals surface area contributed by atoms with Crippen LogP contribution in [0.1, 0.15) is 19.0 Å². The van der Waals surface area contributed by atoms with Crippen LogP contribution >= 0.6 is 0 Å². The minimum Gasteiger partial charge on any atom is -0.392 e. The molecule has 0 saturated carbocycles. The van der Waals surface area contributed by atoms with Gasteiger partial charge in [0.15, 0.2) is 0 Å². The quantitative estimate of drug-likeness (QED) is 0.772. The van der Waals surface area contributed by atoms with Crippen LogP contribution < -0.4 is 0 Å². The second-order valence-electron chi connectivity index (χ2n) is 4.29. The first-order chi connectivity index (χ1) is 7.15. The van der Waals surface area contributed by atoms with Gasteiger partial charge < -0.3 is 9.84 Å². The second-order valence-corrected chi connectivity index (χ2v) is 4.29. The molecule has 0 amide bonds. The minimum absolute atomic E-state index is 0.238. The van der Waals surface area contributed by atoms with Crippen molar-refractivity contribution in [2.24, 2.45) is 13.0 Å². The van der Waals surface area contributed by atoms with Crippen molar-refractivity contribution in [3.63, 3.8) is 0 Å². The molecule has 1 aromatic rings. The van der Waals surface area contributed by atoms with Gasteiger partial charge in [0.05, 0.1) is 24.5 Å². The number of aryl methyl sites for hydroxylation is 1. The van der Waals surface area contributed by atoms with Crippen molar-refractivity contribution >= 4 is 0 Å². The molecule has 3 unspecified atom stereocenters. The average Bonchev–Trinajstić information content (AvgIpc) is 2.75. The molecule has 0 aromatic carbocycles. The Morgan fingerprint density at radius 2 is 2.53 bits per heavy atom. The van der Waals surface area contributed by atoms with E-state index in [4.69, 9.17) is 4.74 Å². The Bertz CT molecular complexity index is 326. The summed E-state index contributed by atoms with van der Waals surface area (Å²) in [6, 6.07) is 0. The van der Waals surface area contributed by atoms with Crippen molar-refractivity contribution in [2.75, 3.05) is 6.61 Å². The number of nitrogens with zero attached hydrogens (tertiary/aromatic N) is 3.